The topological polar surface area (TPSA) is 115 Å². The Balaban J connectivity index is 2.65. The molecule has 7 nitrogen and oxygen atoms in total. The predicted octanol–water partition coefficient (Wildman–Crippen LogP) is 0.743. The number of aromatic nitrogens is 2. The summed E-state index contributed by atoms with van der Waals surface area (Å²) in [5, 5.41) is 15.3. The van der Waals surface area contributed by atoms with Gasteiger partial charge in [0.15, 0.2) is 0 Å². The monoisotopic (exact) mass is 305 g/mol. The molecule has 0 amide bonds. The van der Waals surface area contributed by atoms with Crippen molar-refractivity contribution in [3.8, 4) is 0 Å². The van der Waals surface area contributed by atoms with Gasteiger partial charge in [-0.25, -0.2) is 18.5 Å². The number of benzene rings is 1. The Morgan fingerprint density at radius 1 is 1.29 bits per heavy atom. The van der Waals surface area contributed by atoms with Crippen LogP contribution in [0.2, 0.25) is 0 Å². The van der Waals surface area contributed by atoms with Crippen molar-refractivity contribution in [2.75, 3.05) is 0 Å². The lowest BCUT2D eigenvalue weighted by molar-refractivity contribution is 0.174. The summed E-state index contributed by atoms with van der Waals surface area (Å²) in [7, 11) is -4.13. The Morgan fingerprint density at radius 3 is 2.67 bits per heavy atom. The molecular weight excluding hydrogens is 294 g/mol. The van der Waals surface area contributed by atoms with Crippen molar-refractivity contribution < 1.29 is 13.6 Å². The van der Waals surface area contributed by atoms with Gasteiger partial charge in [-0.2, -0.15) is 4.73 Å². The molecule has 0 aliphatic carbocycles. The van der Waals surface area contributed by atoms with Gasteiger partial charge in [0, 0.05) is 5.39 Å². The van der Waals surface area contributed by atoms with E-state index in [1.54, 1.807) is 12.1 Å². The lowest BCUT2D eigenvalue weighted by atomic mass is 10.1. The van der Waals surface area contributed by atoms with E-state index < -0.39 is 20.5 Å². The van der Waals surface area contributed by atoms with Crippen molar-refractivity contribution in [2.24, 2.45) is 5.14 Å². The molecule has 0 bridgehead atoms. The Hall–Kier alpha value is -2.45. The predicted molar refractivity (Wildman–Crippen MR) is 76.8 cm³/mol. The second kappa shape index (κ2) is 4.27. The maximum Gasteiger partial charge on any atom is 0.292 e. The molecule has 0 atom stereocenters. The van der Waals surface area contributed by atoms with Crippen molar-refractivity contribution in [3.05, 3.63) is 46.4 Å². The summed E-state index contributed by atoms with van der Waals surface area (Å²) in [6.45, 7) is 1.82. The van der Waals surface area contributed by atoms with Crippen LogP contribution in [-0.2, 0) is 10.0 Å². The molecule has 108 valence electrons. The van der Waals surface area contributed by atoms with Gasteiger partial charge in [-0.1, -0.05) is 18.2 Å². The number of pyridine rings is 2. The summed E-state index contributed by atoms with van der Waals surface area (Å²) in [6, 6.07) is 6.87. The first-order valence-electron chi connectivity index (χ1n) is 5.97. The molecule has 21 heavy (non-hydrogen) atoms. The first kappa shape index (κ1) is 13.5. The number of hydrogen-bond acceptors (Lipinski definition) is 5. The van der Waals surface area contributed by atoms with Crippen LogP contribution in [0, 0.1) is 6.92 Å². The Labute approximate surface area is 119 Å². The first-order chi connectivity index (χ1) is 9.79. The van der Waals surface area contributed by atoms with Gasteiger partial charge in [0.2, 0.25) is 10.0 Å². The van der Waals surface area contributed by atoms with E-state index in [1.165, 1.54) is 6.07 Å². The molecule has 0 aliphatic rings. The SMILES string of the molecule is Cc1cccc2cc3c(=O)n(O)cc(S(N)(=O)=O)c3nc12. The van der Waals surface area contributed by atoms with Gasteiger partial charge in [0.25, 0.3) is 5.56 Å². The second-order valence-corrected chi connectivity index (χ2v) is 6.25. The quantitative estimate of drug-likeness (QED) is 0.508. The standard InChI is InChI=1S/C13H11N3O4S/c1-7-3-2-4-8-5-9-12(15-11(7)8)10(21(14,19)20)6-16(18)13(9)17/h2-6,18H,1H3,(H2,14,19,20). The van der Waals surface area contributed by atoms with Crippen LogP contribution in [0.25, 0.3) is 21.8 Å². The Kier molecular flexibility index (Phi) is 2.75. The van der Waals surface area contributed by atoms with E-state index in [0.717, 1.165) is 11.8 Å². The van der Waals surface area contributed by atoms with Crippen LogP contribution in [0.1, 0.15) is 5.56 Å². The maximum atomic E-state index is 12.0. The normalized spacial score (nSPS) is 12.1. The van der Waals surface area contributed by atoms with Crippen LogP contribution in [0.3, 0.4) is 0 Å². The average molecular weight is 305 g/mol. The number of para-hydroxylation sites is 1. The van der Waals surface area contributed by atoms with E-state index in [4.69, 9.17) is 5.14 Å². The van der Waals surface area contributed by atoms with Crippen molar-refractivity contribution in [1.29, 1.82) is 0 Å². The molecule has 0 saturated carbocycles. The molecule has 2 heterocycles. The van der Waals surface area contributed by atoms with Gasteiger partial charge in [0.1, 0.15) is 4.90 Å². The zero-order valence-corrected chi connectivity index (χ0v) is 11.8. The zero-order valence-electron chi connectivity index (χ0n) is 10.9. The number of aryl methyl sites for hydroxylation is 1. The minimum atomic E-state index is -4.13. The lowest BCUT2D eigenvalue weighted by Gasteiger charge is -2.08. The van der Waals surface area contributed by atoms with Crippen LogP contribution in [0.15, 0.2) is 40.2 Å². The highest BCUT2D eigenvalue weighted by molar-refractivity contribution is 7.89. The van der Waals surface area contributed by atoms with Crippen molar-refractivity contribution in [1.82, 2.24) is 9.71 Å². The third-order valence-electron chi connectivity index (χ3n) is 3.27. The third kappa shape index (κ3) is 2.05. The first-order valence-corrected chi connectivity index (χ1v) is 7.51. The number of sulfonamides is 1. The van der Waals surface area contributed by atoms with Crippen LogP contribution in [0.4, 0.5) is 0 Å². The number of fused-ring (bicyclic) bond motifs is 2. The smallest absolute Gasteiger partial charge is 0.292 e. The number of primary sulfonamides is 1. The minimum absolute atomic E-state index is 0.0119. The molecular formula is C13H11N3O4S. The molecule has 3 rings (SSSR count). The van der Waals surface area contributed by atoms with Crippen molar-refractivity contribution in [3.63, 3.8) is 0 Å². The largest absolute Gasteiger partial charge is 0.425 e. The second-order valence-electron chi connectivity index (χ2n) is 4.72. The van der Waals surface area contributed by atoms with Crippen LogP contribution in [-0.4, -0.2) is 23.3 Å². The summed E-state index contributed by atoms with van der Waals surface area (Å²) < 4.78 is 23.5. The van der Waals surface area contributed by atoms with E-state index in [-0.39, 0.29) is 15.6 Å². The highest BCUT2D eigenvalue weighted by Crippen LogP contribution is 2.23. The molecule has 3 N–H and O–H groups in total. The molecule has 0 aliphatic heterocycles. The number of nitrogens with zero attached hydrogens (tertiary/aromatic N) is 2. The fraction of sp³-hybridized carbons (Fsp3) is 0.0769. The third-order valence-corrected chi connectivity index (χ3v) is 4.18. The van der Waals surface area contributed by atoms with Gasteiger partial charge in [-0.05, 0) is 18.6 Å². The van der Waals surface area contributed by atoms with E-state index in [0.29, 0.717) is 10.9 Å². The fourth-order valence-corrected chi connectivity index (χ4v) is 2.93. The minimum Gasteiger partial charge on any atom is -0.425 e. The van der Waals surface area contributed by atoms with Crippen LogP contribution in [0.5, 0.6) is 0 Å². The molecule has 3 aromatic rings. The number of rotatable bonds is 1. The van der Waals surface area contributed by atoms with Crippen molar-refractivity contribution >= 4 is 31.8 Å². The average Bonchev–Trinajstić information content (AvgIpc) is 2.41. The number of nitrogens with two attached hydrogens (primary N) is 1. The molecule has 0 fully saturated rings. The van der Waals surface area contributed by atoms with Gasteiger partial charge in [-0.15, -0.1) is 0 Å². The van der Waals surface area contributed by atoms with Gasteiger partial charge < -0.3 is 5.21 Å². The lowest BCUT2D eigenvalue weighted by Crippen LogP contribution is -2.22. The summed E-state index contributed by atoms with van der Waals surface area (Å²) >= 11 is 0. The van der Waals surface area contributed by atoms with Gasteiger partial charge in [-0.3, -0.25) is 4.79 Å². The summed E-state index contributed by atoms with van der Waals surface area (Å²) in [4.78, 5) is 15.8. The maximum absolute atomic E-state index is 12.0. The Bertz CT molecular complexity index is 1050. The van der Waals surface area contributed by atoms with E-state index >= 15 is 0 Å². The zero-order chi connectivity index (χ0) is 15.4. The molecule has 0 radical (unpaired) electrons. The fourth-order valence-electron chi connectivity index (χ4n) is 2.26. The molecule has 2 aromatic heterocycles. The van der Waals surface area contributed by atoms with Gasteiger partial charge >= 0.3 is 0 Å². The van der Waals surface area contributed by atoms with E-state index in [1.807, 2.05) is 13.0 Å². The summed E-state index contributed by atoms with van der Waals surface area (Å²) in [5.41, 5.74) is 0.607. The molecule has 1 aromatic carbocycles. The van der Waals surface area contributed by atoms with Crippen LogP contribution >= 0.6 is 0 Å². The van der Waals surface area contributed by atoms with Crippen LogP contribution < -0.4 is 10.7 Å². The summed E-state index contributed by atoms with van der Waals surface area (Å²) in [6.07, 6.45) is 0.761. The highest BCUT2D eigenvalue weighted by atomic mass is 32.2. The molecule has 0 unspecified atom stereocenters. The Morgan fingerprint density at radius 2 is 2.00 bits per heavy atom. The van der Waals surface area contributed by atoms with Gasteiger partial charge in [0.05, 0.1) is 22.6 Å². The molecule has 0 saturated heterocycles. The van der Waals surface area contributed by atoms with Crippen molar-refractivity contribution in [2.45, 2.75) is 11.8 Å². The van der Waals surface area contributed by atoms with E-state index in [9.17, 15) is 18.4 Å². The number of hydrogen-bond donors (Lipinski definition) is 2. The molecule has 0 spiro atoms. The highest BCUT2D eigenvalue weighted by Gasteiger charge is 2.19. The van der Waals surface area contributed by atoms with E-state index in [2.05, 4.69) is 4.98 Å². The molecule has 8 heteroatoms. The summed E-state index contributed by atoms with van der Waals surface area (Å²) in [5.74, 6) is 0.